The molecule has 56 valence electrons. The molecule has 2 aromatic heterocycles. The van der Waals surface area contributed by atoms with Gasteiger partial charge >= 0.3 is 0 Å². The summed E-state index contributed by atoms with van der Waals surface area (Å²) in [7, 11) is 0. The second-order valence-electron chi connectivity index (χ2n) is 2.23. The molecule has 0 aliphatic heterocycles. The first-order valence-corrected chi connectivity index (χ1v) is 4.33. The van der Waals surface area contributed by atoms with E-state index in [0.717, 1.165) is 20.2 Å². The molecule has 0 aliphatic carbocycles. The molecule has 0 bridgehead atoms. The lowest BCUT2D eigenvalue weighted by Gasteiger charge is -1.89. The predicted molar refractivity (Wildman–Crippen MR) is 47.2 cm³/mol. The average Bonchev–Trinajstić information content (AvgIpc) is 2.31. The van der Waals surface area contributed by atoms with Crippen LogP contribution in [0, 0.1) is 6.92 Å². The van der Waals surface area contributed by atoms with E-state index in [-0.39, 0.29) is 0 Å². The maximum atomic E-state index is 5.81. The Morgan fingerprint density at radius 2 is 2.27 bits per heavy atom. The number of thiophene rings is 1. The van der Waals surface area contributed by atoms with Crippen molar-refractivity contribution < 1.29 is 0 Å². The molecule has 0 atom stereocenters. The summed E-state index contributed by atoms with van der Waals surface area (Å²) < 4.78 is 0.767. The molecule has 0 aliphatic rings. The molecule has 2 rings (SSSR count). The lowest BCUT2D eigenvalue weighted by molar-refractivity contribution is 1.16. The summed E-state index contributed by atoms with van der Waals surface area (Å²) >= 11 is 7.29. The number of halogens is 1. The van der Waals surface area contributed by atoms with Crippen LogP contribution in [-0.4, -0.2) is 9.97 Å². The quantitative estimate of drug-likeness (QED) is 0.629. The summed E-state index contributed by atoms with van der Waals surface area (Å²) in [4.78, 5) is 9.10. The fraction of sp³-hybridized carbons (Fsp3) is 0.143. The molecule has 2 heterocycles. The van der Waals surface area contributed by atoms with Gasteiger partial charge in [0.05, 0.1) is 4.34 Å². The van der Waals surface area contributed by atoms with Crippen molar-refractivity contribution in [2.75, 3.05) is 0 Å². The van der Waals surface area contributed by atoms with Crippen molar-refractivity contribution in [3.63, 3.8) is 0 Å². The Morgan fingerprint density at radius 3 is 3.00 bits per heavy atom. The third-order valence-corrected chi connectivity index (χ3v) is 2.67. The van der Waals surface area contributed by atoms with Gasteiger partial charge in [0.1, 0.15) is 11.2 Å². The number of hydrogen-bond donors (Lipinski definition) is 0. The van der Waals surface area contributed by atoms with Gasteiger partial charge in [-0.2, -0.15) is 0 Å². The summed E-state index contributed by atoms with van der Waals surface area (Å²) in [6, 6.07) is 1.90. The average molecular weight is 185 g/mol. The van der Waals surface area contributed by atoms with Gasteiger partial charge in [-0.25, -0.2) is 9.97 Å². The summed E-state index contributed by atoms with van der Waals surface area (Å²) in [6.07, 6.45) is 1.56. The molecule has 4 heteroatoms. The molecule has 0 spiro atoms. The molecular weight excluding hydrogens is 180 g/mol. The number of hydrogen-bond acceptors (Lipinski definition) is 3. The topological polar surface area (TPSA) is 25.8 Å². The lowest BCUT2D eigenvalue weighted by Crippen LogP contribution is -1.81. The molecule has 0 unspecified atom stereocenters. The lowest BCUT2D eigenvalue weighted by atomic mass is 10.3. The second-order valence-corrected chi connectivity index (χ2v) is 3.89. The Hall–Kier alpha value is -0.670. The van der Waals surface area contributed by atoms with Gasteiger partial charge in [0.25, 0.3) is 0 Å². The fourth-order valence-corrected chi connectivity index (χ4v) is 2.05. The van der Waals surface area contributed by atoms with E-state index in [2.05, 4.69) is 9.97 Å². The maximum Gasteiger partial charge on any atom is 0.128 e. The summed E-state index contributed by atoms with van der Waals surface area (Å²) in [5, 5.41) is 1.06. The van der Waals surface area contributed by atoms with Gasteiger partial charge in [-0.15, -0.1) is 11.3 Å². The van der Waals surface area contributed by atoms with Gasteiger partial charge in [-0.1, -0.05) is 11.6 Å². The van der Waals surface area contributed by atoms with Gasteiger partial charge in [-0.05, 0) is 13.0 Å². The summed E-state index contributed by atoms with van der Waals surface area (Å²) in [5.74, 6) is 0. The molecule has 0 saturated carbocycles. The first kappa shape index (κ1) is 7.00. The van der Waals surface area contributed by atoms with Crippen molar-refractivity contribution in [2.45, 2.75) is 6.92 Å². The minimum absolute atomic E-state index is 0.767. The standard InChI is InChI=1S/C7H5ClN2S/c1-4-5-2-6(8)11-7(5)10-3-9-4/h2-3H,1H3. The van der Waals surface area contributed by atoms with Crippen molar-refractivity contribution in [1.82, 2.24) is 9.97 Å². The summed E-state index contributed by atoms with van der Waals surface area (Å²) in [5.41, 5.74) is 0.984. The van der Waals surface area contributed by atoms with Crippen LogP contribution < -0.4 is 0 Å². The molecule has 0 fully saturated rings. The van der Waals surface area contributed by atoms with Crippen LogP contribution in [0.3, 0.4) is 0 Å². The third kappa shape index (κ3) is 1.10. The van der Waals surface area contributed by atoms with Gasteiger partial charge in [0.2, 0.25) is 0 Å². The van der Waals surface area contributed by atoms with Crippen LogP contribution in [0.1, 0.15) is 5.69 Å². The van der Waals surface area contributed by atoms with E-state index < -0.39 is 0 Å². The Bertz CT molecular complexity index is 396. The molecule has 11 heavy (non-hydrogen) atoms. The zero-order valence-electron chi connectivity index (χ0n) is 5.84. The molecular formula is C7H5ClN2S. The van der Waals surface area contributed by atoms with Gasteiger partial charge in [0.15, 0.2) is 0 Å². The smallest absolute Gasteiger partial charge is 0.128 e. The van der Waals surface area contributed by atoms with E-state index in [9.17, 15) is 0 Å². The number of rotatable bonds is 0. The van der Waals surface area contributed by atoms with E-state index in [4.69, 9.17) is 11.6 Å². The SMILES string of the molecule is Cc1ncnc2sc(Cl)cc12. The van der Waals surface area contributed by atoms with Gasteiger partial charge in [0, 0.05) is 11.1 Å². The van der Waals surface area contributed by atoms with Crippen LogP contribution in [0.2, 0.25) is 4.34 Å². The number of aryl methyl sites for hydroxylation is 1. The minimum Gasteiger partial charge on any atom is -0.241 e. The predicted octanol–water partition coefficient (Wildman–Crippen LogP) is 2.65. The fourth-order valence-electron chi connectivity index (χ4n) is 0.945. The van der Waals surface area contributed by atoms with Gasteiger partial charge in [-0.3, -0.25) is 0 Å². The zero-order chi connectivity index (χ0) is 7.84. The van der Waals surface area contributed by atoms with Crippen LogP contribution in [0.5, 0.6) is 0 Å². The molecule has 0 amide bonds. The largest absolute Gasteiger partial charge is 0.241 e. The van der Waals surface area contributed by atoms with Crippen LogP contribution >= 0.6 is 22.9 Å². The Kier molecular flexibility index (Phi) is 1.55. The van der Waals surface area contributed by atoms with Crippen LogP contribution in [0.4, 0.5) is 0 Å². The molecule has 0 saturated heterocycles. The molecule has 2 aromatic rings. The van der Waals surface area contributed by atoms with Crippen LogP contribution in [0.15, 0.2) is 12.4 Å². The van der Waals surface area contributed by atoms with E-state index in [1.54, 1.807) is 6.33 Å². The van der Waals surface area contributed by atoms with E-state index >= 15 is 0 Å². The van der Waals surface area contributed by atoms with E-state index in [0.29, 0.717) is 0 Å². The van der Waals surface area contributed by atoms with Crippen LogP contribution in [0.25, 0.3) is 10.2 Å². The first-order chi connectivity index (χ1) is 5.27. The van der Waals surface area contributed by atoms with Crippen molar-refractivity contribution in [2.24, 2.45) is 0 Å². The monoisotopic (exact) mass is 184 g/mol. The Labute approximate surface area is 72.9 Å². The van der Waals surface area contributed by atoms with E-state index in [1.165, 1.54) is 11.3 Å². The number of aromatic nitrogens is 2. The van der Waals surface area contributed by atoms with Crippen molar-refractivity contribution in [1.29, 1.82) is 0 Å². The Morgan fingerprint density at radius 1 is 1.45 bits per heavy atom. The zero-order valence-corrected chi connectivity index (χ0v) is 7.41. The highest BCUT2D eigenvalue weighted by Crippen LogP contribution is 2.28. The van der Waals surface area contributed by atoms with Crippen molar-refractivity contribution >= 4 is 33.2 Å². The second kappa shape index (κ2) is 2.43. The number of fused-ring (bicyclic) bond motifs is 1. The highest BCUT2D eigenvalue weighted by Gasteiger charge is 2.02. The normalized spacial score (nSPS) is 10.7. The van der Waals surface area contributed by atoms with Crippen molar-refractivity contribution in [3.05, 3.63) is 22.4 Å². The van der Waals surface area contributed by atoms with Gasteiger partial charge < -0.3 is 0 Å². The maximum absolute atomic E-state index is 5.81. The first-order valence-electron chi connectivity index (χ1n) is 3.14. The highest BCUT2D eigenvalue weighted by molar-refractivity contribution is 7.22. The summed E-state index contributed by atoms with van der Waals surface area (Å²) in [6.45, 7) is 1.95. The third-order valence-electron chi connectivity index (χ3n) is 1.50. The molecule has 0 radical (unpaired) electrons. The molecule has 0 N–H and O–H groups in total. The van der Waals surface area contributed by atoms with Crippen molar-refractivity contribution in [3.8, 4) is 0 Å². The minimum atomic E-state index is 0.767. The molecule has 0 aromatic carbocycles. The van der Waals surface area contributed by atoms with E-state index in [1.807, 2.05) is 13.0 Å². The highest BCUT2D eigenvalue weighted by atomic mass is 35.5. The van der Waals surface area contributed by atoms with Crippen LogP contribution in [-0.2, 0) is 0 Å². The molecule has 2 nitrogen and oxygen atoms in total. The number of nitrogens with zero attached hydrogens (tertiary/aromatic N) is 2. The Balaban J connectivity index is 2.90.